The van der Waals surface area contributed by atoms with Gasteiger partial charge in [-0.3, -0.25) is 4.79 Å². The fourth-order valence-corrected chi connectivity index (χ4v) is 4.53. The van der Waals surface area contributed by atoms with Crippen molar-refractivity contribution in [2.75, 3.05) is 13.1 Å². The average molecular weight is 318 g/mol. The summed E-state index contributed by atoms with van der Waals surface area (Å²) in [5.41, 5.74) is 1.06. The molecule has 1 spiro atoms. The quantitative estimate of drug-likeness (QED) is 0.926. The lowest BCUT2D eigenvalue weighted by Gasteiger charge is -2.31. The zero-order valence-electron chi connectivity index (χ0n) is 13.2. The van der Waals surface area contributed by atoms with Gasteiger partial charge in [-0.2, -0.15) is 0 Å². The highest BCUT2D eigenvalue weighted by atomic mass is 16.5. The fraction of sp³-hybridized carbons (Fsp3) is 0.706. The minimum Gasteiger partial charge on any atom is -0.475 e. The second-order valence-corrected chi connectivity index (χ2v) is 7.35. The van der Waals surface area contributed by atoms with Gasteiger partial charge in [0.1, 0.15) is 0 Å². The molecule has 1 N–H and O–H groups in total. The van der Waals surface area contributed by atoms with Crippen LogP contribution in [0.2, 0.25) is 0 Å². The van der Waals surface area contributed by atoms with E-state index in [4.69, 9.17) is 9.63 Å². The number of aromatic carboxylic acids is 1. The maximum absolute atomic E-state index is 12.7. The number of aromatic nitrogens is 1. The number of carboxylic acid groups (broad SMARTS) is 1. The summed E-state index contributed by atoms with van der Waals surface area (Å²) in [4.78, 5) is 25.5. The van der Waals surface area contributed by atoms with Crippen LogP contribution >= 0.6 is 0 Å². The van der Waals surface area contributed by atoms with Crippen LogP contribution in [0.4, 0.5) is 0 Å². The first-order valence-corrected chi connectivity index (χ1v) is 8.58. The summed E-state index contributed by atoms with van der Waals surface area (Å²) < 4.78 is 4.84. The Morgan fingerprint density at radius 1 is 1.26 bits per heavy atom. The number of carbonyl (C=O) groups excluding carboxylic acids is 1. The van der Waals surface area contributed by atoms with Gasteiger partial charge in [0.05, 0.1) is 5.69 Å². The summed E-state index contributed by atoms with van der Waals surface area (Å²) >= 11 is 0. The van der Waals surface area contributed by atoms with Crippen LogP contribution in [0.15, 0.2) is 10.6 Å². The molecule has 4 rings (SSSR count). The molecule has 124 valence electrons. The first kappa shape index (κ1) is 14.7. The number of amides is 1. The monoisotopic (exact) mass is 318 g/mol. The number of carboxylic acids is 1. The fourth-order valence-electron chi connectivity index (χ4n) is 4.53. The Bertz CT molecular complexity index is 624. The van der Waals surface area contributed by atoms with Crippen LogP contribution in [-0.2, 0) is 4.79 Å². The van der Waals surface area contributed by atoms with Gasteiger partial charge in [0.2, 0.25) is 11.7 Å². The summed E-state index contributed by atoms with van der Waals surface area (Å²) in [6, 6.07) is 1.51. The topological polar surface area (TPSA) is 83.6 Å². The van der Waals surface area contributed by atoms with Crippen LogP contribution in [0.3, 0.4) is 0 Å². The molecule has 1 amide bonds. The van der Waals surface area contributed by atoms with Crippen molar-refractivity contribution in [2.24, 2.45) is 11.3 Å². The molecule has 2 heterocycles. The van der Waals surface area contributed by atoms with E-state index in [0.29, 0.717) is 17.0 Å². The van der Waals surface area contributed by atoms with Gasteiger partial charge < -0.3 is 14.5 Å². The van der Waals surface area contributed by atoms with Crippen LogP contribution in [-0.4, -0.2) is 40.1 Å². The minimum absolute atomic E-state index is 0.111. The largest absolute Gasteiger partial charge is 0.475 e. The van der Waals surface area contributed by atoms with Gasteiger partial charge in [-0.05, 0) is 37.5 Å². The van der Waals surface area contributed by atoms with Crippen LogP contribution < -0.4 is 0 Å². The predicted molar refractivity (Wildman–Crippen MR) is 81.0 cm³/mol. The average Bonchev–Trinajstić information content (AvgIpc) is 2.94. The Balaban J connectivity index is 1.34. The van der Waals surface area contributed by atoms with E-state index in [-0.39, 0.29) is 17.6 Å². The standard InChI is InChI=1S/C17H22N2O4/c20-15(12-10-17(12)5-1-2-6-17)19-7-3-11(4-8-19)13-9-14(16(21)22)23-18-13/h9,11-12H,1-8,10H2,(H,21,22). The number of likely N-dealkylation sites (tertiary alicyclic amines) is 1. The Labute approximate surface area is 134 Å². The third-order valence-electron chi connectivity index (χ3n) is 6.05. The summed E-state index contributed by atoms with van der Waals surface area (Å²) in [7, 11) is 0. The van der Waals surface area contributed by atoms with Crippen molar-refractivity contribution >= 4 is 11.9 Å². The highest BCUT2D eigenvalue weighted by molar-refractivity contribution is 5.84. The van der Waals surface area contributed by atoms with Gasteiger partial charge in [-0.1, -0.05) is 18.0 Å². The summed E-state index contributed by atoms with van der Waals surface area (Å²) in [6.07, 6.45) is 7.78. The summed E-state index contributed by atoms with van der Waals surface area (Å²) in [5, 5.41) is 12.8. The Morgan fingerprint density at radius 3 is 2.57 bits per heavy atom. The molecule has 6 heteroatoms. The van der Waals surface area contributed by atoms with Crippen molar-refractivity contribution in [3.63, 3.8) is 0 Å². The maximum atomic E-state index is 12.7. The van der Waals surface area contributed by atoms with Crippen molar-refractivity contribution in [3.05, 3.63) is 17.5 Å². The molecule has 23 heavy (non-hydrogen) atoms. The third-order valence-corrected chi connectivity index (χ3v) is 6.05. The number of nitrogens with zero attached hydrogens (tertiary/aromatic N) is 2. The van der Waals surface area contributed by atoms with E-state index in [1.807, 2.05) is 4.90 Å². The van der Waals surface area contributed by atoms with Crippen LogP contribution in [0.25, 0.3) is 0 Å². The summed E-state index contributed by atoms with van der Waals surface area (Å²) in [5.74, 6) is -0.397. The van der Waals surface area contributed by atoms with Gasteiger partial charge in [0.25, 0.3) is 0 Å². The van der Waals surface area contributed by atoms with Crippen molar-refractivity contribution in [1.29, 1.82) is 0 Å². The molecule has 6 nitrogen and oxygen atoms in total. The SMILES string of the molecule is O=C(O)c1cc(C2CCN(C(=O)C3CC34CCCC4)CC2)no1. The molecule has 0 bridgehead atoms. The summed E-state index contributed by atoms with van der Waals surface area (Å²) in [6.45, 7) is 1.48. The van der Waals surface area contributed by atoms with Crippen molar-refractivity contribution < 1.29 is 19.2 Å². The first-order valence-electron chi connectivity index (χ1n) is 8.58. The Morgan fingerprint density at radius 2 is 1.96 bits per heavy atom. The lowest BCUT2D eigenvalue weighted by atomic mass is 9.92. The van der Waals surface area contributed by atoms with Gasteiger partial charge in [-0.15, -0.1) is 0 Å². The molecule has 2 aliphatic carbocycles. The molecule has 2 saturated carbocycles. The molecule has 3 aliphatic rings. The van der Waals surface area contributed by atoms with E-state index in [9.17, 15) is 9.59 Å². The van der Waals surface area contributed by atoms with E-state index in [0.717, 1.165) is 32.4 Å². The normalized spacial score (nSPS) is 26.6. The molecule has 1 unspecified atom stereocenters. The molecule has 1 aliphatic heterocycles. The number of hydrogen-bond donors (Lipinski definition) is 1. The van der Waals surface area contributed by atoms with Crippen LogP contribution in [0, 0.1) is 11.3 Å². The lowest BCUT2D eigenvalue weighted by molar-refractivity contribution is -0.134. The van der Waals surface area contributed by atoms with Crippen LogP contribution in [0.5, 0.6) is 0 Å². The van der Waals surface area contributed by atoms with Crippen molar-refractivity contribution in [2.45, 2.75) is 50.9 Å². The highest BCUT2D eigenvalue weighted by Gasteiger charge is 2.59. The second-order valence-electron chi connectivity index (χ2n) is 7.35. The van der Waals surface area contributed by atoms with E-state index >= 15 is 0 Å². The smallest absolute Gasteiger partial charge is 0.374 e. The molecule has 3 fully saturated rings. The van der Waals surface area contributed by atoms with Gasteiger partial charge in [0.15, 0.2) is 0 Å². The molecule has 1 atom stereocenters. The van der Waals surface area contributed by atoms with Gasteiger partial charge in [0, 0.05) is 31.0 Å². The second kappa shape index (κ2) is 5.35. The number of rotatable bonds is 3. The van der Waals surface area contributed by atoms with Gasteiger partial charge >= 0.3 is 5.97 Å². The molecule has 1 aromatic heterocycles. The zero-order valence-corrected chi connectivity index (χ0v) is 13.2. The Kier molecular flexibility index (Phi) is 3.43. The third kappa shape index (κ3) is 2.54. The van der Waals surface area contributed by atoms with Gasteiger partial charge in [-0.25, -0.2) is 4.79 Å². The van der Waals surface area contributed by atoms with Crippen LogP contribution in [0.1, 0.15) is 67.1 Å². The molecular weight excluding hydrogens is 296 g/mol. The van der Waals surface area contributed by atoms with Crippen molar-refractivity contribution in [1.82, 2.24) is 10.1 Å². The molecule has 1 aromatic rings. The first-order chi connectivity index (χ1) is 11.1. The predicted octanol–water partition coefficient (Wildman–Crippen LogP) is 2.66. The Hall–Kier alpha value is -1.85. The number of hydrogen-bond acceptors (Lipinski definition) is 4. The highest BCUT2D eigenvalue weighted by Crippen LogP contribution is 2.63. The minimum atomic E-state index is -1.09. The lowest BCUT2D eigenvalue weighted by Crippen LogP contribution is -2.39. The number of piperidine rings is 1. The van der Waals surface area contributed by atoms with E-state index in [1.54, 1.807) is 0 Å². The van der Waals surface area contributed by atoms with E-state index in [1.165, 1.54) is 31.7 Å². The zero-order chi connectivity index (χ0) is 16.0. The van der Waals surface area contributed by atoms with E-state index < -0.39 is 5.97 Å². The molecule has 0 radical (unpaired) electrons. The van der Waals surface area contributed by atoms with Crippen molar-refractivity contribution in [3.8, 4) is 0 Å². The molecule has 0 aromatic carbocycles. The maximum Gasteiger partial charge on any atom is 0.374 e. The number of carbonyl (C=O) groups is 2. The molecule has 1 saturated heterocycles. The molecular formula is C17H22N2O4. The van der Waals surface area contributed by atoms with E-state index in [2.05, 4.69) is 5.16 Å².